The average molecular weight is 385 g/mol. The summed E-state index contributed by atoms with van der Waals surface area (Å²) >= 11 is 0. The van der Waals surface area contributed by atoms with Gasteiger partial charge in [-0.2, -0.15) is 4.72 Å². The van der Waals surface area contributed by atoms with Gasteiger partial charge in [0.25, 0.3) is 5.91 Å². The first-order valence-electron chi connectivity index (χ1n) is 7.84. The average Bonchev–Trinajstić information content (AvgIpc) is 2.52. The van der Waals surface area contributed by atoms with Gasteiger partial charge in [-0.25, -0.2) is 13.2 Å². The molecule has 1 aromatic rings. The number of hydrogen-bond donors (Lipinski definition) is 3. The Balaban J connectivity index is 2.91. The van der Waals surface area contributed by atoms with Gasteiger partial charge >= 0.3 is 12.0 Å². The molecule has 3 amide bonds. The molecule has 0 radical (unpaired) electrons. The number of primary amides is 1. The molecule has 0 spiro atoms. The first kappa shape index (κ1) is 21.6. The number of urea groups is 1. The van der Waals surface area contributed by atoms with Gasteiger partial charge in [-0.05, 0) is 31.9 Å². The van der Waals surface area contributed by atoms with Crippen molar-refractivity contribution in [2.75, 3.05) is 0 Å². The number of rotatable bonds is 7. The minimum atomic E-state index is -3.97. The molecule has 4 N–H and O–H groups in total. The van der Waals surface area contributed by atoms with Crippen LogP contribution in [0.4, 0.5) is 4.79 Å². The molecule has 9 nitrogen and oxygen atoms in total. The zero-order valence-electron chi connectivity index (χ0n) is 15.0. The fraction of sp³-hybridized carbons (Fsp3) is 0.438. The molecule has 0 aliphatic carbocycles. The molecule has 0 aromatic heterocycles. The molecule has 0 saturated carbocycles. The Morgan fingerprint density at radius 1 is 1.08 bits per heavy atom. The summed E-state index contributed by atoms with van der Waals surface area (Å²) < 4.78 is 32.2. The summed E-state index contributed by atoms with van der Waals surface area (Å²) in [5, 5.41) is 1.78. The van der Waals surface area contributed by atoms with Crippen molar-refractivity contribution < 1.29 is 27.5 Å². The number of imide groups is 1. The molecular weight excluding hydrogens is 362 g/mol. The third kappa shape index (κ3) is 6.12. The second kappa shape index (κ2) is 8.77. The van der Waals surface area contributed by atoms with Crippen LogP contribution in [-0.2, 0) is 24.3 Å². The lowest BCUT2D eigenvalue weighted by Crippen LogP contribution is -2.48. The molecule has 1 rings (SSSR count). The van der Waals surface area contributed by atoms with Gasteiger partial charge in [-0.1, -0.05) is 31.5 Å². The first-order chi connectivity index (χ1) is 11.9. The summed E-state index contributed by atoms with van der Waals surface area (Å²) in [7, 11) is -3.97. The largest absolute Gasteiger partial charge is 0.451 e. The predicted octanol–water partition coefficient (Wildman–Crippen LogP) is 0.425. The lowest BCUT2D eigenvalue weighted by atomic mass is 10.1. The van der Waals surface area contributed by atoms with Gasteiger partial charge in [-0.15, -0.1) is 0 Å². The molecule has 2 atom stereocenters. The standard InChI is InChI=1S/C16H23N3O6S/c1-9(2)13(15(21)25-11(4)14(20)18-16(17)22)19-26(23,24)12-7-5-10(3)6-8-12/h5-9,11,13,19H,1-4H3,(H3,17,18,20,22). The minimum Gasteiger partial charge on any atom is -0.451 e. The maximum atomic E-state index is 12.5. The molecule has 0 heterocycles. The van der Waals surface area contributed by atoms with E-state index >= 15 is 0 Å². The van der Waals surface area contributed by atoms with Gasteiger partial charge in [0, 0.05) is 0 Å². The number of benzene rings is 1. The monoisotopic (exact) mass is 385 g/mol. The van der Waals surface area contributed by atoms with Crippen LogP contribution >= 0.6 is 0 Å². The van der Waals surface area contributed by atoms with E-state index in [4.69, 9.17) is 10.5 Å². The topological polar surface area (TPSA) is 145 Å². The van der Waals surface area contributed by atoms with E-state index in [0.29, 0.717) is 0 Å². The number of carbonyl (C=O) groups excluding carboxylic acids is 3. The van der Waals surface area contributed by atoms with Crippen LogP contribution in [0.25, 0.3) is 0 Å². The molecule has 144 valence electrons. The van der Waals surface area contributed by atoms with Gasteiger partial charge in [0.05, 0.1) is 4.90 Å². The third-order valence-electron chi connectivity index (χ3n) is 3.44. The molecule has 0 saturated heterocycles. The Labute approximate surface area is 152 Å². The maximum Gasteiger partial charge on any atom is 0.325 e. The number of sulfonamides is 1. The van der Waals surface area contributed by atoms with Gasteiger partial charge in [0.2, 0.25) is 10.0 Å². The van der Waals surface area contributed by atoms with Crippen LogP contribution in [0.15, 0.2) is 29.2 Å². The number of nitrogens with one attached hydrogen (secondary N) is 2. The van der Waals surface area contributed by atoms with Crippen LogP contribution in [0.3, 0.4) is 0 Å². The molecule has 10 heteroatoms. The van der Waals surface area contributed by atoms with E-state index in [-0.39, 0.29) is 4.90 Å². The van der Waals surface area contributed by atoms with Crippen molar-refractivity contribution in [2.45, 2.75) is 44.7 Å². The van der Waals surface area contributed by atoms with E-state index in [1.807, 2.05) is 6.92 Å². The molecule has 0 bridgehead atoms. The van der Waals surface area contributed by atoms with Crippen LogP contribution in [-0.4, -0.2) is 38.5 Å². The molecule has 0 fully saturated rings. The Morgan fingerprint density at radius 2 is 1.62 bits per heavy atom. The highest BCUT2D eigenvalue weighted by molar-refractivity contribution is 7.89. The Kier molecular flexibility index (Phi) is 7.28. The van der Waals surface area contributed by atoms with E-state index in [1.54, 1.807) is 31.3 Å². The van der Waals surface area contributed by atoms with Crippen LogP contribution in [0, 0.1) is 12.8 Å². The maximum absolute atomic E-state index is 12.5. The summed E-state index contributed by atoms with van der Waals surface area (Å²) in [5.74, 6) is -2.30. The number of nitrogens with two attached hydrogens (primary N) is 1. The Hall–Kier alpha value is -2.46. The van der Waals surface area contributed by atoms with Crippen molar-refractivity contribution in [3.63, 3.8) is 0 Å². The summed E-state index contributed by atoms with van der Waals surface area (Å²) in [4.78, 5) is 34.6. The third-order valence-corrected chi connectivity index (χ3v) is 4.90. The summed E-state index contributed by atoms with van der Waals surface area (Å²) in [6.07, 6.45) is -1.32. The lowest BCUT2D eigenvalue weighted by Gasteiger charge is -2.22. The second-order valence-electron chi connectivity index (χ2n) is 6.09. The Morgan fingerprint density at radius 3 is 2.08 bits per heavy atom. The van der Waals surface area contributed by atoms with Crippen molar-refractivity contribution in [3.05, 3.63) is 29.8 Å². The Bertz CT molecular complexity index is 774. The fourth-order valence-corrected chi connectivity index (χ4v) is 3.27. The summed E-state index contributed by atoms with van der Waals surface area (Å²) in [6.45, 7) is 6.30. The van der Waals surface area contributed by atoms with E-state index in [9.17, 15) is 22.8 Å². The minimum absolute atomic E-state index is 0.000991. The summed E-state index contributed by atoms with van der Waals surface area (Å²) in [6, 6.07) is 3.80. The van der Waals surface area contributed by atoms with Crippen LogP contribution in [0.5, 0.6) is 0 Å². The predicted molar refractivity (Wildman–Crippen MR) is 93.4 cm³/mol. The van der Waals surface area contributed by atoms with Crippen LogP contribution in [0.1, 0.15) is 26.3 Å². The van der Waals surface area contributed by atoms with Gasteiger partial charge in [0.15, 0.2) is 6.10 Å². The van der Waals surface area contributed by atoms with Crippen molar-refractivity contribution >= 4 is 27.9 Å². The zero-order chi connectivity index (χ0) is 20.1. The second-order valence-corrected chi connectivity index (χ2v) is 7.80. The highest BCUT2D eigenvalue weighted by Crippen LogP contribution is 2.14. The highest BCUT2D eigenvalue weighted by Gasteiger charge is 2.32. The molecular formula is C16H23N3O6S. The van der Waals surface area contributed by atoms with Crippen LogP contribution < -0.4 is 15.8 Å². The SMILES string of the molecule is Cc1ccc(S(=O)(=O)NC(C(=O)OC(C)C(=O)NC(N)=O)C(C)C)cc1. The van der Waals surface area contributed by atoms with E-state index in [0.717, 1.165) is 5.56 Å². The molecule has 1 aromatic carbocycles. The van der Waals surface area contributed by atoms with Gasteiger partial charge in [-0.3, -0.25) is 14.9 Å². The molecule has 2 unspecified atom stereocenters. The zero-order valence-corrected chi connectivity index (χ0v) is 15.8. The number of carbonyl (C=O) groups is 3. The number of aryl methyl sites for hydroxylation is 1. The summed E-state index contributed by atoms with van der Waals surface area (Å²) in [5.41, 5.74) is 5.71. The lowest BCUT2D eigenvalue weighted by molar-refractivity contribution is -0.157. The molecule has 26 heavy (non-hydrogen) atoms. The number of amides is 3. The van der Waals surface area contributed by atoms with Crippen molar-refractivity contribution in [2.24, 2.45) is 11.7 Å². The van der Waals surface area contributed by atoms with Crippen molar-refractivity contribution in [3.8, 4) is 0 Å². The fourth-order valence-electron chi connectivity index (χ4n) is 1.93. The normalized spacial score (nSPS) is 13.7. The van der Waals surface area contributed by atoms with Crippen molar-refractivity contribution in [1.82, 2.24) is 10.0 Å². The van der Waals surface area contributed by atoms with Gasteiger partial charge < -0.3 is 10.5 Å². The molecule has 0 aliphatic heterocycles. The number of esters is 1. The smallest absolute Gasteiger partial charge is 0.325 e. The quantitative estimate of drug-likeness (QED) is 0.580. The number of ether oxygens (including phenoxy) is 1. The number of hydrogen-bond acceptors (Lipinski definition) is 6. The van der Waals surface area contributed by atoms with E-state index < -0.39 is 46.0 Å². The molecule has 0 aliphatic rings. The van der Waals surface area contributed by atoms with Crippen LogP contribution in [0.2, 0.25) is 0 Å². The van der Waals surface area contributed by atoms with Gasteiger partial charge in [0.1, 0.15) is 6.04 Å². The van der Waals surface area contributed by atoms with Crippen molar-refractivity contribution in [1.29, 1.82) is 0 Å². The highest BCUT2D eigenvalue weighted by atomic mass is 32.2. The van der Waals surface area contributed by atoms with E-state index in [1.165, 1.54) is 19.1 Å². The first-order valence-corrected chi connectivity index (χ1v) is 9.32. The van der Waals surface area contributed by atoms with E-state index in [2.05, 4.69) is 4.72 Å².